The monoisotopic (exact) mass is 309 g/mol. The molecule has 0 bridgehead atoms. The number of carbonyl (C=O) groups excluding carboxylic acids is 1. The maximum atomic E-state index is 11.8. The van der Waals surface area contributed by atoms with Crippen LogP contribution in [0.1, 0.15) is 33.3 Å². The summed E-state index contributed by atoms with van der Waals surface area (Å²) in [6.45, 7) is 7.84. The van der Waals surface area contributed by atoms with Gasteiger partial charge in [-0.1, -0.05) is 18.2 Å². The van der Waals surface area contributed by atoms with Gasteiger partial charge in [0.2, 0.25) is 0 Å². The van der Waals surface area contributed by atoms with E-state index in [1.165, 1.54) is 0 Å². The van der Waals surface area contributed by atoms with Crippen LogP contribution in [-0.2, 0) is 21.8 Å². The molecular weight excluding hydrogens is 290 g/mol. The van der Waals surface area contributed by atoms with Gasteiger partial charge in [-0.25, -0.2) is 0 Å². The van der Waals surface area contributed by atoms with Crippen molar-refractivity contribution in [2.45, 2.75) is 39.8 Å². The molecule has 19 heavy (non-hydrogen) atoms. The molecule has 0 saturated carbocycles. The summed E-state index contributed by atoms with van der Waals surface area (Å²) in [7, 11) is 0. The summed E-state index contributed by atoms with van der Waals surface area (Å²) in [5.41, 5.74) is 0.950. The molecule has 108 valence electrons. The molecule has 0 heterocycles. The zero-order valence-electron chi connectivity index (χ0n) is 11.7. The molecule has 1 rings (SSSR count). The Morgan fingerprint density at radius 1 is 1.16 bits per heavy atom. The Labute approximate surface area is 126 Å². The van der Waals surface area contributed by atoms with Crippen LogP contribution >= 0.6 is 0 Å². The number of hydrogen-bond acceptors (Lipinski definition) is 2. The number of benzene rings is 1. The van der Waals surface area contributed by atoms with E-state index >= 15 is 0 Å². The molecule has 3 nitrogen and oxygen atoms in total. The van der Waals surface area contributed by atoms with Gasteiger partial charge in [0.25, 0.3) is 0 Å². The summed E-state index contributed by atoms with van der Waals surface area (Å²) in [5.74, 6) is 0. The van der Waals surface area contributed by atoms with Gasteiger partial charge in [0, 0.05) is 18.3 Å². The second kappa shape index (κ2) is 8.78. The Balaban J connectivity index is 0.00000324. The van der Waals surface area contributed by atoms with Crippen LogP contribution in [0.2, 0.25) is 0 Å². The Kier molecular flexibility index (Phi) is 8.20. The van der Waals surface area contributed by atoms with E-state index in [0.717, 1.165) is 5.56 Å². The molecule has 1 aromatic carbocycles. The number of nitrogens with zero attached hydrogens (tertiary/aromatic N) is 1. The minimum Gasteiger partial charge on any atom is -0.539 e. The average molecular weight is 310 g/mol. The SMILES string of the molecule is CC(C)N(C(=O)O[C-]=Cc1ccccc1)C(C)C.[Cu+]. The molecule has 0 aliphatic rings. The first-order valence-corrected chi connectivity index (χ1v) is 6.15. The van der Waals surface area contributed by atoms with E-state index in [9.17, 15) is 4.79 Å². The molecule has 1 amide bonds. The molecular formula is C15H20CuNO2. The largest absolute Gasteiger partial charge is 1.00 e. The molecule has 0 radical (unpaired) electrons. The fraction of sp³-hybridized carbons (Fsp3) is 0.400. The zero-order valence-corrected chi connectivity index (χ0v) is 12.6. The van der Waals surface area contributed by atoms with E-state index in [2.05, 4.69) is 6.26 Å². The van der Waals surface area contributed by atoms with E-state index in [1.807, 2.05) is 58.0 Å². The summed E-state index contributed by atoms with van der Waals surface area (Å²) in [4.78, 5) is 13.5. The number of amides is 1. The minimum absolute atomic E-state index is 0. The molecule has 0 saturated heterocycles. The van der Waals surface area contributed by atoms with Crippen molar-refractivity contribution in [2.24, 2.45) is 0 Å². The second-order valence-electron chi connectivity index (χ2n) is 4.64. The number of hydrogen-bond donors (Lipinski definition) is 0. The smallest absolute Gasteiger partial charge is 0.539 e. The number of ether oxygens (including phenoxy) is 1. The fourth-order valence-corrected chi connectivity index (χ4v) is 1.77. The number of carbonyl (C=O) groups is 1. The molecule has 0 atom stereocenters. The van der Waals surface area contributed by atoms with E-state index in [-0.39, 0.29) is 35.2 Å². The summed E-state index contributed by atoms with van der Waals surface area (Å²) in [5, 5.41) is 0. The Bertz CT molecular complexity index is 394. The van der Waals surface area contributed by atoms with Crippen LogP contribution < -0.4 is 0 Å². The molecule has 0 N–H and O–H groups in total. The van der Waals surface area contributed by atoms with Crippen LogP contribution in [0.15, 0.2) is 30.3 Å². The van der Waals surface area contributed by atoms with Gasteiger partial charge in [-0.05, 0) is 27.7 Å². The van der Waals surface area contributed by atoms with Crippen LogP contribution in [0.4, 0.5) is 4.79 Å². The molecule has 0 aliphatic heterocycles. The maximum Gasteiger partial charge on any atom is 1.00 e. The first kappa shape index (κ1) is 17.7. The van der Waals surface area contributed by atoms with Gasteiger partial charge in [0.05, 0.1) is 0 Å². The molecule has 4 heteroatoms. The van der Waals surface area contributed by atoms with Crippen molar-refractivity contribution in [3.05, 3.63) is 42.2 Å². The third kappa shape index (κ3) is 5.95. The first-order chi connectivity index (χ1) is 8.52. The molecule has 1 aromatic rings. The van der Waals surface area contributed by atoms with Gasteiger partial charge in [-0.15, -0.1) is 23.8 Å². The van der Waals surface area contributed by atoms with E-state index in [1.54, 1.807) is 11.0 Å². The molecule has 0 aliphatic carbocycles. The van der Waals surface area contributed by atoms with Crippen LogP contribution in [0.25, 0.3) is 6.08 Å². The quantitative estimate of drug-likeness (QED) is 0.482. The van der Waals surface area contributed by atoms with Gasteiger partial charge < -0.3 is 14.4 Å². The van der Waals surface area contributed by atoms with Crippen molar-refractivity contribution < 1.29 is 26.6 Å². The van der Waals surface area contributed by atoms with Crippen molar-refractivity contribution in [1.29, 1.82) is 0 Å². The second-order valence-corrected chi connectivity index (χ2v) is 4.64. The third-order valence-electron chi connectivity index (χ3n) is 2.49. The van der Waals surface area contributed by atoms with E-state index in [0.29, 0.717) is 0 Å². The van der Waals surface area contributed by atoms with Crippen molar-refractivity contribution in [2.75, 3.05) is 0 Å². The standard InChI is InChI=1S/C15H20NO2.Cu/c1-12(2)16(13(3)4)15(17)18-11-10-14-8-6-5-7-9-14;/h5-10,12-13H,1-4H3;/q-1;+1. The van der Waals surface area contributed by atoms with E-state index in [4.69, 9.17) is 4.74 Å². The Hall–Kier alpha value is -1.25. The summed E-state index contributed by atoms with van der Waals surface area (Å²) < 4.78 is 5.01. The molecule has 0 unspecified atom stereocenters. The topological polar surface area (TPSA) is 29.5 Å². The van der Waals surface area contributed by atoms with E-state index < -0.39 is 0 Å². The van der Waals surface area contributed by atoms with Crippen molar-refractivity contribution >= 4 is 12.2 Å². The van der Waals surface area contributed by atoms with Gasteiger partial charge in [-0.2, -0.15) is 0 Å². The maximum absolute atomic E-state index is 11.8. The minimum atomic E-state index is -0.368. The van der Waals surface area contributed by atoms with Gasteiger partial charge in [-0.3, -0.25) is 0 Å². The molecule has 0 fully saturated rings. The molecule has 0 aromatic heterocycles. The van der Waals surface area contributed by atoms with Crippen molar-refractivity contribution in [3.63, 3.8) is 0 Å². The van der Waals surface area contributed by atoms with Crippen LogP contribution in [-0.4, -0.2) is 23.1 Å². The predicted octanol–water partition coefficient (Wildman–Crippen LogP) is 3.71. The van der Waals surface area contributed by atoms with Crippen LogP contribution in [0, 0.1) is 6.26 Å². The summed E-state index contributed by atoms with van der Waals surface area (Å²) in [6, 6.07) is 9.83. The third-order valence-corrected chi connectivity index (χ3v) is 2.49. The average Bonchev–Trinajstić information content (AvgIpc) is 2.29. The van der Waals surface area contributed by atoms with Gasteiger partial charge in [0.1, 0.15) is 0 Å². The van der Waals surface area contributed by atoms with Gasteiger partial charge >= 0.3 is 23.2 Å². The van der Waals surface area contributed by atoms with Crippen molar-refractivity contribution in [1.82, 2.24) is 4.90 Å². The Morgan fingerprint density at radius 2 is 1.68 bits per heavy atom. The predicted molar refractivity (Wildman–Crippen MR) is 72.7 cm³/mol. The normalized spacial score (nSPS) is 10.6. The molecule has 0 spiro atoms. The first-order valence-electron chi connectivity index (χ1n) is 6.15. The van der Waals surface area contributed by atoms with Gasteiger partial charge in [0.15, 0.2) is 0 Å². The zero-order chi connectivity index (χ0) is 13.5. The van der Waals surface area contributed by atoms with Crippen LogP contribution in [0.3, 0.4) is 0 Å². The fourth-order valence-electron chi connectivity index (χ4n) is 1.77. The summed E-state index contributed by atoms with van der Waals surface area (Å²) >= 11 is 0. The van der Waals surface area contributed by atoms with Crippen molar-refractivity contribution in [3.8, 4) is 0 Å². The summed E-state index contributed by atoms with van der Waals surface area (Å²) in [6.07, 6.45) is 3.86. The number of rotatable bonds is 4. The Morgan fingerprint density at radius 3 is 2.16 bits per heavy atom. The van der Waals surface area contributed by atoms with Crippen LogP contribution in [0.5, 0.6) is 0 Å².